The minimum atomic E-state index is 0.381. The van der Waals surface area contributed by atoms with Gasteiger partial charge in [-0.15, -0.1) is 0 Å². The van der Waals surface area contributed by atoms with Gasteiger partial charge in [0.1, 0.15) is 0 Å². The van der Waals surface area contributed by atoms with Crippen LogP contribution in [0.25, 0.3) is 0 Å². The lowest BCUT2D eigenvalue weighted by Gasteiger charge is -2.18. The van der Waals surface area contributed by atoms with Gasteiger partial charge in [-0.3, -0.25) is 4.68 Å². The van der Waals surface area contributed by atoms with Crippen molar-refractivity contribution in [2.45, 2.75) is 51.2 Å². The van der Waals surface area contributed by atoms with Gasteiger partial charge < -0.3 is 10.1 Å². The van der Waals surface area contributed by atoms with E-state index in [2.05, 4.69) is 23.4 Å². The average molecular weight is 251 g/mol. The highest BCUT2D eigenvalue weighted by atomic mass is 16.5. The molecule has 0 saturated carbocycles. The second-order valence-electron chi connectivity index (χ2n) is 5.09. The molecule has 2 rings (SSSR count). The highest BCUT2D eigenvalue weighted by molar-refractivity contribution is 5.14. The molecule has 0 aliphatic carbocycles. The number of aryl methyl sites for hydroxylation is 2. The summed E-state index contributed by atoms with van der Waals surface area (Å²) in [5.41, 5.74) is 2.46. The van der Waals surface area contributed by atoms with Crippen LogP contribution in [0, 0.1) is 0 Å². The van der Waals surface area contributed by atoms with Crippen molar-refractivity contribution < 1.29 is 4.74 Å². The Labute approximate surface area is 110 Å². The van der Waals surface area contributed by atoms with Crippen LogP contribution in [0.5, 0.6) is 0 Å². The largest absolute Gasteiger partial charge is 0.378 e. The van der Waals surface area contributed by atoms with Crippen molar-refractivity contribution in [3.8, 4) is 0 Å². The van der Waals surface area contributed by atoms with Crippen molar-refractivity contribution in [3.05, 3.63) is 17.5 Å². The first-order valence-electron chi connectivity index (χ1n) is 7.06. The smallest absolute Gasteiger partial charge is 0.0625 e. The topological polar surface area (TPSA) is 39.1 Å². The van der Waals surface area contributed by atoms with Gasteiger partial charge in [-0.25, -0.2) is 0 Å². The lowest BCUT2D eigenvalue weighted by molar-refractivity contribution is 0.0996. The summed E-state index contributed by atoms with van der Waals surface area (Å²) in [7, 11) is 4.06. The lowest BCUT2D eigenvalue weighted by atomic mass is 10.0. The summed E-state index contributed by atoms with van der Waals surface area (Å²) in [5, 5.41) is 7.93. The first-order valence-corrected chi connectivity index (χ1v) is 7.06. The molecule has 0 aromatic carbocycles. The summed E-state index contributed by atoms with van der Waals surface area (Å²) in [5.74, 6) is 0. The van der Waals surface area contributed by atoms with Gasteiger partial charge in [0, 0.05) is 19.7 Å². The van der Waals surface area contributed by atoms with E-state index in [0.717, 1.165) is 25.9 Å². The zero-order valence-electron chi connectivity index (χ0n) is 11.8. The number of rotatable bonds is 6. The monoisotopic (exact) mass is 251 g/mol. The Kier molecular flexibility index (Phi) is 4.78. The molecule has 0 spiro atoms. The van der Waals surface area contributed by atoms with Gasteiger partial charge in [0.05, 0.1) is 17.5 Å². The van der Waals surface area contributed by atoms with Crippen LogP contribution in [-0.2, 0) is 18.2 Å². The van der Waals surface area contributed by atoms with E-state index >= 15 is 0 Å². The fourth-order valence-corrected chi connectivity index (χ4v) is 2.71. The van der Waals surface area contributed by atoms with Gasteiger partial charge in [-0.2, -0.15) is 5.10 Å². The van der Waals surface area contributed by atoms with Crippen LogP contribution in [0.1, 0.15) is 50.0 Å². The molecule has 0 radical (unpaired) electrons. The molecule has 18 heavy (non-hydrogen) atoms. The minimum Gasteiger partial charge on any atom is -0.378 e. The third kappa shape index (κ3) is 3.12. The predicted molar refractivity (Wildman–Crippen MR) is 72.6 cm³/mol. The average Bonchev–Trinajstić information content (AvgIpc) is 3.00. The Balaban J connectivity index is 1.95. The van der Waals surface area contributed by atoms with E-state index in [1.165, 1.54) is 24.2 Å². The maximum absolute atomic E-state index is 5.69. The SMILES string of the molecule is CCc1cc(C(CCC2CCCO2)NC)n(C)n1. The Morgan fingerprint density at radius 3 is 3.00 bits per heavy atom. The van der Waals surface area contributed by atoms with E-state index in [9.17, 15) is 0 Å². The number of hydrogen-bond donors (Lipinski definition) is 1. The molecule has 102 valence electrons. The summed E-state index contributed by atoms with van der Waals surface area (Å²) in [6, 6.07) is 2.60. The standard InChI is InChI=1S/C14H25N3O/c1-4-11-10-14(17(3)16-11)13(15-2)8-7-12-6-5-9-18-12/h10,12-13,15H,4-9H2,1-3H3. The van der Waals surface area contributed by atoms with Crippen molar-refractivity contribution >= 4 is 0 Å². The molecular weight excluding hydrogens is 226 g/mol. The third-order valence-corrected chi connectivity index (χ3v) is 3.84. The second-order valence-corrected chi connectivity index (χ2v) is 5.09. The Bertz CT molecular complexity index is 369. The van der Waals surface area contributed by atoms with Crippen molar-refractivity contribution in [2.75, 3.05) is 13.7 Å². The number of nitrogens with zero attached hydrogens (tertiary/aromatic N) is 2. The number of nitrogens with one attached hydrogen (secondary N) is 1. The molecule has 0 amide bonds. The van der Waals surface area contributed by atoms with Gasteiger partial charge in [0.25, 0.3) is 0 Å². The van der Waals surface area contributed by atoms with Crippen molar-refractivity contribution in [2.24, 2.45) is 7.05 Å². The molecule has 1 aromatic rings. The van der Waals surface area contributed by atoms with E-state index in [1.54, 1.807) is 0 Å². The van der Waals surface area contributed by atoms with Gasteiger partial charge in [-0.1, -0.05) is 6.92 Å². The molecule has 2 atom stereocenters. The summed E-state index contributed by atoms with van der Waals surface area (Å²) < 4.78 is 7.70. The highest BCUT2D eigenvalue weighted by Gasteiger charge is 2.20. The van der Waals surface area contributed by atoms with Crippen molar-refractivity contribution in [1.29, 1.82) is 0 Å². The first-order chi connectivity index (χ1) is 8.74. The van der Waals surface area contributed by atoms with E-state index in [4.69, 9.17) is 4.74 Å². The number of ether oxygens (including phenoxy) is 1. The third-order valence-electron chi connectivity index (χ3n) is 3.84. The summed E-state index contributed by atoms with van der Waals surface area (Å²) in [6.07, 6.45) is 6.17. The van der Waals surface area contributed by atoms with E-state index in [1.807, 2.05) is 18.8 Å². The summed E-state index contributed by atoms with van der Waals surface area (Å²) >= 11 is 0. The van der Waals surface area contributed by atoms with Crippen molar-refractivity contribution in [3.63, 3.8) is 0 Å². The van der Waals surface area contributed by atoms with Crippen LogP contribution in [0.3, 0.4) is 0 Å². The van der Waals surface area contributed by atoms with E-state index in [-0.39, 0.29) is 0 Å². The molecule has 1 fully saturated rings. The molecule has 2 unspecified atom stereocenters. The zero-order valence-corrected chi connectivity index (χ0v) is 11.8. The molecule has 1 aliphatic rings. The van der Waals surface area contributed by atoms with Crippen LogP contribution in [0.2, 0.25) is 0 Å². The predicted octanol–water partition coefficient (Wildman–Crippen LogP) is 2.20. The van der Waals surface area contributed by atoms with E-state index in [0.29, 0.717) is 12.1 Å². The Hall–Kier alpha value is -0.870. The number of hydrogen-bond acceptors (Lipinski definition) is 3. The highest BCUT2D eigenvalue weighted by Crippen LogP contribution is 2.24. The minimum absolute atomic E-state index is 0.381. The van der Waals surface area contributed by atoms with Gasteiger partial charge in [0.2, 0.25) is 0 Å². The molecule has 1 N–H and O–H groups in total. The van der Waals surface area contributed by atoms with Crippen LogP contribution < -0.4 is 5.32 Å². The van der Waals surface area contributed by atoms with Crippen LogP contribution >= 0.6 is 0 Å². The molecule has 0 bridgehead atoms. The zero-order chi connectivity index (χ0) is 13.0. The Morgan fingerprint density at radius 1 is 1.61 bits per heavy atom. The summed E-state index contributed by atoms with van der Waals surface area (Å²) in [6.45, 7) is 3.09. The van der Waals surface area contributed by atoms with Crippen LogP contribution in [0.15, 0.2) is 6.07 Å². The molecule has 4 nitrogen and oxygen atoms in total. The van der Waals surface area contributed by atoms with E-state index < -0.39 is 0 Å². The molecule has 2 heterocycles. The first kappa shape index (κ1) is 13.6. The van der Waals surface area contributed by atoms with Crippen LogP contribution in [-0.4, -0.2) is 29.5 Å². The summed E-state index contributed by atoms with van der Waals surface area (Å²) in [4.78, 5) is 0. The fraction of sp³-hybridized carbons (Fsp3) is 0.786. The number of aromatic nitrogens is 2. The van der Waals surface area contributed by atoms with Gasteiger partial charge >= 0.3 is 0 Å². The molecule has 1 aliphatic heterocycles. The molecule has 1 saturated heterocycles. The molecular formula is C14H25N3O. The van der Waals surface area contributed by atoms with Crippen molar-refractivity contribution in [1.82, 2.24) is 15.1 Å². The normalized spacial score (nSPS) is 21.4. The van der Waals surface area contributed by atoms with Gasteiger partial charge in [-0.05, 0) is 45.2 Å². The van der Waals surface area contributed by atoms with Crippen LogP contribution in [0.4, 0.5) is 0 Å². The lowest BCUT2D eigenvalue weighted by Crippen LogP contribution is -2.21. The second kappa shape index (κ2) is 6.34. The molecule has 4 heteroatoms. The maximum Gasteiger partial charge on any atom is 0.0625 e. The molecule has 1 aromatic heterocycles. The Morgan fingerprint density at radius 2 is 2.44 bits per heavy atom. The van der Waals surface area contributed by atoms with Gasteiger partial charge in [0.15, 0.2) is 0 Å². The maximum atomic E-state index is 5.69. The fourth-order valence-electron chi connectivity index (χ4n) is 2.71. The quantitative estimate of drug-likeness (QED) is 0.842.